The van der Waals surface area contributed by atoms with Crippen molar-refractivity contribution in [2.75, 3.05) is 6.54 Å². The van der Waals surface area contributed by atoms with Gasteiger partial charge in [-0.1, -0.05) is 51.9 Å². The Balaban J connectivity index is 1.97. The highest BCUT2D eigenvalue weighted by molar-refractivity contribution is 4.95. The SMILES string of the molecule is CCCCCCCCCC(F)(CN)C1CC1. The third-order valence-electron chi connectivity index (χ3n) is 3.84. The Morgan fingerprint density at radius 3 is 2.12 bits per heavy atom. The molecule has 1 aliphatic rings. The smallest absolute Gasteiger partial charge is 0.126 e. The standard InChI is InChI=1S/C14H28FN/c1-2-3-4-5-6-7-8-11-14(15,12-16)13-9-10-13/h13H,2-12,16H2,1H3. The average molecular weight is 229 g/mol. The summed E-state index contributed by atoms with van der Waals surface area (Å²) in [7, 11) is 0. The van der Waals surface area contributed by atoms with Gasteiger partial charge in [-0.2, -0.15) is 0 Å². The van der Waals surface area contributed by atoms with Crippen molar-refractivity contribution >= 4 is 0 Å². The second kappa shape index (κ2) is 7.26. The molecule has 1 rings (SSSR count). The van der Waals surface area contributed by atoms with Crippen LogP contribution in [-0.4, -0.2) is 12.2 Å². The van der Waals surface area contributed by atoms with Gasteiger partial charge in [-0.15, -0.1) is 0 Å². The molecule has 96 valence electrons. The highest BCUT2D eigenvalue weighted by Crippen LogP contribution is 2.44. The second-order valence-electron chi connectivity index (χ2n) is 5.38. The highest BCUT2D eigenvalue weighted by atomic mass is 19.1. The number of rotatable bonds is 10. The van der Waals surface area contributed by atoms with Crippen LogP contribution in [0.4, 0.5) is 4.39 Å². The van der Waals surface area contributed by atoms with Crippen molar-refractivity contribution in [1.29, 1.82) is 0 Å². The molecule has 2 heteroatoms. The van der Waals surface area contributed by atoms with Gasteiger partial charge < -0.3 is 5.73 Å². The Morgan fingerprint density at radius 1 is 1.06 bits per heavy atom. The molecule has 0 amide bonds. The molecule has 0 aromatic heterocycles. The van der Waals surface area contributed by atoms with Gasteiger partial charge in [-0.3, -0.25) is 0 Å². The first-order chi connectivity index (χ1) is 7.73. The summed E-state index contributed by atoms with van der Waals surface area (Å²) >= 11 is 0. The number of unbranched alkanes of at least 4 members (excludes halogenated alkanes) is 6. The van der Waals surface area contributed by atoms with Gasteiger partial charge in [0, 0.05) is 6.54 Å². The maximum absolute atomic E-state index is 14.2. The Labute approximate surface area is 100.0 Å². The normalized spacial score (nSPS) is 19.7. The van der Waals surface area contributed by atoms with E-state index < -0.39 is 5.67 Å². The first-order valence-electron chi connectivity index (χ1n) is 7.12. The summed E-state index contributed by atoms with van der Waals surface area (Å²) in [5, 5.41) is 0. The summed E-state index contributed by atoms with van der Waals surface area (Å²) in [6.07, 6.45) is 11.6. The molecule has 0 aromatic rings. The number of alkyl halides is 1. The third-order valence-corrected chi connectivity index (χ3v) is 3.84. The molecule has 0 heterocycles. The van der Waals surface area contributed by atoms with E-state index in [9.17, 15) is 4.39 Å². The van der Waals surface area contributed by atoms with Crippen LogP contribution in [0.3, 0.4) is 0 Å². The van der Waals surface area contributed by atoms with Crippen LogP contribution < -0.4 is 5.73 Å². The van der Waals surface area contributed by atoms with E-state index in [1.54, 1.807) is 0 Å². The van der Waals surface area contributed by atoms with E-state index >= 15 is 0 Å². The predicted molar refractivity (Wildman–Crippen MR) is 68.2 cm³/mol. The molecular weight excluding hydrogens is 201 g/mol. The van der Waals surface area contributed by atoms with Crippen LogP contribution in [0.25, 0.3) is 0 Å². The van der Waals surface area contributed by atoms with Gasteiger partial charge in [-0.05, 0) is 25.2 Å². The topological polar surface area (TPSA) is 26.0 Å². The fourth-order valence-electron chi connectivity index (χ4n) is 2.45. The Bertz CT molecular complexity index is 180. The largest absolute Gasteiger partial charge is 0.328 e. The van der Waals surface area contributed by atoms with Crippen LogP contribution in [0.1, 0.15) is 71.1 Å². The van der Waals surface area contributed by atoms with Crippen molar-refractivity contribution in [3.8, 4) is 0 Å². The lowest BCUT2D eigenvalue weighted by molar-refractivity contribution is 0.125. The minimum Gasteiger partial charge on any atom is -0.328 e. The van der Waals surface area contributed by atoms with Crippen molar-refractivity contribution in [1.82, 2.24) is 0 Å². The fourth-order valence-corrected chi connectivity index (χ4v) is 2.45. The van der Waals surface area contributed by atoms with Crippen molar-refractivity contribution in [2.45, 2.75) is 76.8 Å². The maximum atomic E-state index is 14.2. The molecule has 1 fully saturated rings. The molecule has 0 aromatic carbocycles. The van der Waals surface area contributed by atoms with Crippen LogP contribution in [0, 0.1) is 5.92 Å². The van der Waals surface area contributed by atoms with Gasteiger partial charge >= 0.3 is 0 Å². The summed E-state index contributed by atoms with van der Waals surface area (Å²) in [5.41, 5.74) is 4.53. The van der Waals surface area contributed by atoms with Gasteiger partial charge in [-0.25, -0.2) is 4.39 Å². The summed E-state index contributed by atoms with van der Waals surface area (Å²) in [6.45, 7) is 2.46. The molecule has 16 heavy (non-hydrogen) atoms. The van der Waals surface area contributed by atoms with E-state index in [1.165, 1.54) is 38.5 Å². The van der Waals surface area contributed by atoms with E-state index in [4.69, 9.17) is 5.73 Å². The predicted octanol–water partition coefficient (Wildman–Crippen LogP) is 4.20. The molecule has 1 nitrogen and oxygen atoms in total. The zero-order valence-electron chi connectivity index (χ0n) is 10.8. The van der Waals surface area contributed by atoms with E-state index in [0.717, 1.165) is 19.3 Å². The van der Waals surface area contributed by atoms with Crippen LogP contribution in [0.2, 0.25) is 0 Å². The quantitative estimate of drug-likeness (QED) is 0.558. The Kier molecular flexibility index (Phi) is 6.33. The first-order valence-corrected chi connectivity index (χ1v) is 7.12. The number of nitrogens with two attached hydrogens (primary N) is 1. The van der Waals surface area contributed by atoms with E-state index in [1.807, 2.05) is 0 Å². The van der Waals surface area contributed by atoms with Crippen LogP contribution in [-0.2, 0) is 0 Å². The zero-order valence-corrected chi connectivity index (χ0v) is 10.8. The molecule has 0 spiro atoms. The van der Waals surface area contributed by atoms with Crippen molar-refractivity contribution < 1.29 is 4.39 Å². The highest BCUT2D eigenvalue weighted by Gasteiger charge is 2.43. The van der Waals surface area contributed by atoms with E-state index in [2.05, 4.69) is 6.92 Å². The average Bonchev–Trinajstić information content (AvgIpc) is 3.12. The molecule has 2 N–H and O–H groups in total. The number of hydrogen-bond donors (Lipinski definition) is 1. The van der Waals surface area contributed by atoms with Crippen LogP contribution in [0.5, 0.6) is 0 Å². The van der Waals surface area contributed by atoms with E-state index in [-0.39, 0.29) is 12.5 Å². The van der Waals surface area contributed by atoms with Crippen molar-refractivity contribution in [3.05, 3.63) is 0 Å². The van der Waals surface area contributed by atoms with Crippen molar-refractivity contribution in [2.24, 2.45) is 11.7 Å². The zero-order chi connectivity index (χ0) is 11.9. The minimum absolute atomic E-state index is 0.230. The lowest BCUT2D eigenvalue weighted by atomic mass is 9.92. The molecule has 0 saturated heterocycles. The number of hydrogen-bond acceptors (Lipinski definition) is 1. The lowest BCUT2D eigenvalue weighted by Gasteiger charge is -2.23. The van der Waals surface area contributed by atoms with Gasteiger partial charge in [0.2, 0.25) is 0 Å². The summed E-state index contributed by atoms with van der Waals surface area (Å²) < 4.78 is 14.2. The Hall–Kier alpha value is -0.110. The fraction of sp³-hybridized carbons (Fsp3) is 1.00. The molecular formula is C14H28FN. The van der Waals surface area contributed by atoms with E-state index in [0.29, 0.717) is 6.42 Å². The first kappa shape index (κ1) is 14.0. The monoisotopic (exact) mass is 229 g/mol. The van der Waals surface area contributed by atoms with Crippen LogP contribution in [0.15, 0.2) is 0 Å². The maximum Gasteiger partial charge on any atom is 0.126 e. The molecule has 1 saturated carbocycles. The van der Waals surface area contributed by atoms with Gasteiger partial charge in [0.1, 0.15) is 5.67 Å². The minimum atomic E-state index is -1.02. The molecule has 0 aliphatic heterocycles. The second-order valence-corrected chi connectivity index (χ2v) is 5.38. The van der Waals surface area contributed by atoms with Gasteiger partial charge in [0.05, 0.1) is 0 Å². The molecule has 1 aliphatic carbocycles. The van der Waals surface area contributed by atoms with Gasteiger partial charge in [0.25, 0.3) is 0 Å². The van der Waals surface area contributed by atoms with Gasteiger partial charge in [0.15, 0.2) is 0 Å². The lowest BCUT2D eigenvalue weighted by Crippen LogP contribution is -2.35. The van der Waals surface area contributed by atoms with Crippen molar-refractivity contribution in [3.63, 3.8) is 0 Å². The van der Waals surface area contributed by atoms with Crippen LogP contribution >= 0.6 is 0 Å². The summed E-state index contributed by atoms with van der Waals surface area (Å²) in [5.74, 6) is 0.289. The molecule has 1 atom stereocenters. The Morgan fingerprint density at radius 2 is 1.62 bits per heavy atom. The molecule has 0 bridgehead atoms. The summed E-state index contributed by atoms with van der Waals surface area (Å²) in [6, 6.07) is 0. The number of halogens is 1. The molecule has 0 radical (unpaired) electrons. The molecule has 1 unspecified atom stereocenters. The third kappa shape index (κ3) is 4.82. The summed E-state index contributed by atoms with van der Waals surface area (Å²) in [4.78, 5) is 0.